The molecule has 0 saturated heterocycles. The molecular weight excluding hydrogens is 1550 g/mol. The number of aliphatic hydroxyl groups excluding tert-OH is 1. The number of aromatic nitrogens is 12. The van der Waals surface area contributed by atoms with Gasteiger partial charge >= 0.3 is 5.97 Å². The fraction of sp³-hybridized carbons (Fsp3) is 0.171. The normalized spacial score (nSPS) is 11.1. The predicted octanol–water partition coefficient (Wildman–Crippen LogP) is 9.13. The Morgan fingerprint density at radius 2 is 0.724 bits per heavy atom. The van der Waals surface area contributed by atoms with E-state index in [9.17, 15) is 43.5 Å². The van der Waals surface area contributed by atoms with Crippen molar-refractivity contribution in [3.63, 3.8) is 0 Å². The summed E-state index contributed by atoms with van der Waals surface area (Å²) < 4.78 is 16.4. The summed E-state index contributed by atoms with van der Waals surface area (Å²) in [6.45, 7) is 6.60. The van der Waals surface area contributed by atoms with Gasteiger partial charge in [-0.25, -0.2) is 44.7 Å². The van der Waals surface area contributed by atoms with E-state index in [1.807, 2.05) is 136 Å². The Hall–Kier alpha value is -15.0. The summed E-state index contributed by atoms with van der Waals surface area (Å²) in [6.07, 6.45) is 4.62. The molecule has 0 fully saturated rings. The fourth-order valence-electron chi connectivity index (χ4n) is 10.6. The lowest BCUT2D eigenvalue weighted by Gasteiger charge is -2.14. The topological polar surface area (TPSA) is 470 Å². The molecule has 33 nitrogen and oxygen atoms in total. The quantitative estimate of drug-likeness (QED) is 0.0229. The standard InChI is InChI=1S/C23H22N8O3.C23H21N5O3.C22H21BrN4O3.C14H13N3O4/c1-14(17-5-7-18(8-6-17)21-28-30-31-29-21)27-23(34)20-10-19(25-13-26-20)22(33)24-11-15-3-2-4-16(9-15)12-32;1-15(18-8-6-16(12-24)7-9-18)28-23(30)21-11-20(26-14-27-21)22(29)25-13-17-4-3-5-19(10-17)31-2;1-14(16-6-8-17(23)9-7-16)27-22(29)20-11-19(25-13-26-20)21(28)24-12-15-4-3-5-18(10-15)30-2;1-21-10-4-2-3-9(5-10)7-15-13(18)11-6-12(14(19)20)17-8-16-11/h2-10,13-14,32H,11-12H2,1H3,(H,24,33)(H,27,34)(H,28,29,30,31);3-11,14-15H,13H2,1-2H3,(H,25,29)(H,28,30);3-11,13-14H,12H2,1-2H3,(H,24,28)(H,27,29);2-6,8H,7H2,1H3,(H,15,18)(H,19,20)/t14-;15-;14-;/m111./s1. The van der Waals surface area contributed by atoms with Gasteiger partial charge in [0.2, 0.25) is 5.82 Å². The van der Waals surface area contributed by atoms with Crippen molar-refractivity contribution in [2.45, 2.75) is 71.7 Å². The van der Waals surface area contributed by atoms with Crippen LogP contribution in [0.3, 0.4) is 0 Å². The lowest BCUT2D eigenvalue weighted by Crippen LogP contribution is -2.29. The maximum absolute atomic E-state index is 12.7. The van der Waals surface area contributed by atoms with Gasteiger partial charge in [-0.05, 0) is 131 Å². The third-order valence-electron chi connectivity index (χ3n) is 16.9. The molecule has 3 atom stereocenters. The van der Waals surface area contributed by atoms with Gasteiger partial charge in [0.25, 0.3) is 41.4 Å². The third kappa shape index (κ3) is 25.8. The van der Waals surface area contributed by atoms with Gasteiger partial charge in [0.15, 0.2) is 5.69 Å². The molecule has 5 heterocycles. The number of halogens is 1. The second-order valence-corrected chi connectivity index (χ2v) is 25.9. The zero-order valence-electron chi connectivity index (χ0n) is 63.2. The Kier molecular flexibility index (Phi) is 31.5. The average molecular weight is 1630 g/mol. The summed E-state index contributed by atoms with van der Waals surface area (Å²) in [5.74, 6) is -1.58. The van der Waals surface area contributed by atoms with Gasteiger partial charge in [-0.1, -0.05) is 125 Å². The van der Waals surface area contributed by atoms with Crippen LogP contribution in [-0.2, 0) is 32.8 Å². The minimum Gasteiger partial charge on any atom is -0.497 e. The van der Waals surface area contributed by atoms with Crippen molar-refractivity contribution in [1.82, 2.24) is 97.7 Å². The van der Waals surface area contributed by atoms with E-state index in [1.165, 1.54) is 37.2 Å². The number of tetrazole rings is 1. The molecule has 0 unspecified atom stereocenters. The Bertz CT molecular complexity index is 5430. The first-order valence-corrected chi connectivity index (χ1v) is 36.1. The van der Waals surface area contributed by atoms with Gasteiger partial charge in [-0.3, -0.25) is 33.6 Å². The number of methoxy groups -OCH3 is 3. The van der Waals surface area contributed by atoms with Crippen molar-refractivity contribution < 1.29 is 62.8 Å². The van der Waals surface area contributed by atoms with Crippen LogP contribution in [0.2, 0.25) is 0 Å². The molecule has 0 spiro atoms. The molecule has 7 amide bonds. The molecule has 590 valence electrons. The minimum atomic E-state index is -1.21. The molecule has 0 saturated carbocycles. The number of hydrogen-bond donors (Lipinski definition) is 10. The molecule has 7 aromatic carbocycles. The number of aromatic amines is 1. The number of amides is 7. The zero-order chi connectivity index (χ0) is 82.9. The van der Waals surface area contributed by atoms with Crippen molar-refractivity contribution in [1.29, 1.82) is 5.26 Å². The summed E-state index contributed by atoms with van der Waals surface area (Å²) in [6, 6.07) is 57.7. The van der Waals surface area contributed by atoms with Crippen LogP contribution in [-0.4, -0.2) is 139 Å². The number of aliphatic hydroxyl groups is 1. The number of ether oxygens (including phenoxy) is 3. The summed E-state index contributed by atoms with van der Waals surface area (Å²) in [5, 5.41) is 60.3. The number of nitriles is 1. The molecule has 0 aliphatic heterocycles. The Balaban J connectivity index is 0.000000179. The first-order chi connectivity index (χ1) is 56.1. The third-order valence-corrected chi connectivity index (χ3v) is 17.4. The second-order valence-electron chi connectivity index (χ2n) is 25.0. The summed E-state index contributed by atoms with van der Waals surface area (Å²) in [7, 11) is 4.72. The van der Waals surface area contributed by atoms with E-state index in [0.29, 0.717) is 35.2 Å². The molecule has 12 rings (SSSR count). The number of carbonyl (C=O) groups is 8. The number of hydrogen-bond acceptors (Lipinski definition) is 24. The molecule has 0 radical (unpaired) electrons. The van der Waals surface area contributed by atoms with E-state index in [2.05, 4.69) is 120 Å². The van der Waals surface area contributed by atoms with Crippen LogP contribution in [0.15, 0.2) is 224 Å². The second kappa shape index (κ2) is 43.0. The van der Waals surface area contributed by atoms with E-state index < -0.39 is 41.4 Å². The van der Waals surface area contributed by atoms with Gasteiger partial charge in [-0.2, -0.15) is 10.5 Å². The van der Waals surface area contributed by atoms with E-state index in [0.717, 1.165) is 66.9 Å². The Morgan fingerprint density at radius 1 is 0.414 bits per heavy atom. The van der Waals surface area contributed by atoms with Gasteiger partial charge in [-0.15, -0.1) is 10.2 Å². The maximum atomic E-state index is 12.7. The number of carboxylic acids is 1. The monoisotopic (exact) mass is 1630 g/mol. The van der Waals surface area contributed by atoms with Crippen molar-refractivity contribution >= 4 is 63.2 Å². The number of H-pyrrole nitrogens is 1. The van der Waals surface area contributed by atoms with Gasteiger partial charge in [0.1, 0.15) is 82.4 Å². The molecule has 5 aromatic heterocycles. The van der Waals surface area contributed by atoms with Crippen LogP contribution in [0.5, 0.6) is 17.2 Å². The van der Waals surface area contributed by atoms with Crippen molar-refractivity contribution in [3.05, 3.63) is 320 Å². The predicted molar refractivity (Wildman–Crippen MR) is 424 cm³/mol. The number of rotatable bonds is 27. The van der Waals surface area contributed by atoms with Gasteiger partial charge in [0.05, 0.1) is 57.7 Å². The zero-order valence-corrected chi connectivity index (χ0v) is 64.8. The molecule has 0 aliphatic rings. The SMILES string of the molecule is COc1cccc(CNC(=O)c2cc(C(=O)N[C@H](C)c3ccc(Br)cc3)ncn2)c1.COc1cccc(CNC(=O)c2cc(C(=O)N[C@H](C)c3ccc(C#N)cc3)ncn2)c1.COc1cccc(CNC(=O)c2cc(C(=O)O)ncn2)c1.C[C@@H](NC(=O)c1cc(C(=O)NCc2cccc(CO)c2)ncn1)c1ccc(-c2nn[nH]n2)cc1. The van der Waals surface area contributed by atoms with E-state index in [4.69, 9.17) is 24.6 Å². The number of nitrogens with zero attached hydrogens (tertiary/aromatic N) is 12. The summed E-state index contributed by atoms with van der Waals surface area (Å²) in [5.41, 5.74) is 8.59. The van der Waals surface area contributed by atoms with Crippen LogP contribution in [0.4, 0.5) is 0 Å². The highest BCUT2D eigenvalue weighted by molar-refractivity contribution is 9.10. The van der Waals surface area contributed by atoms with Crippen molar-refractivity contribution in [2.24, 2.45) is 0 Å². The molecule has 0 bridgehead atoms. The number of benzene rings is 7. The average Bonchev–Trinajstić information content (AvgIpc) is 1.00. The molecule has 10 N–H and O–H groups in total. The highest BCUT2D eigenvalue weighted by atomic mass is 79.9. The van der Waals surface area contributed by atoms with Crippen LogP contribution >= 0.6 is 15.9 Å². The Labute approximate surface area is 672 Å². The largest absolute Gasteiger partial charge is 0.497 e. The summed E-state index contributed by atoms with van der Waals surface area (Å²) in [4.78, 5) is 129. The Morgan fingerprint density at radius 3 is 1.05 bits per heavy atom. The molecule has 34 heteroatoms. The summed E-state index contributed by atoms with van der Waals surface area (Å²) >= 11 is 3.39. The highest BCUT2D eigenvalue weighted by Crippen LogP contribution is 2.22. The molecule has 12 aromatic rings. The lowest BCUT2D eigenvalue weighted by molar-refractivity contribution is 0.0688. The number of nitrogens with one attached hydrogen (secondary N) is 8. The van der Waals surface area contributed by atoms with E-state index >= 15 is 0 Å². The van der Waals surface area contributed by atoms with Crippen LogP contribution in [0.25, 0.3) is 11.4 Å². The lowest BCUT2D eigenvalue weighted by atomic mass is 10.1. The fourth-order valence-corrected chi connectivity index (χ4v) is 10.8. The van der Waals surface area contributed by atoms with E-state index in [-0.39, 0.29) is 95.8 Å². The van der Waals surface area contributed by atoms with Crippen LogP contribution in [0, 0.1) is 11.3 Å². The molecule has 116 heavy (non-hydrogen) atoms. The first kappa shape index (κ1) is 85.0. The number of aromatic carboxylic acids is 1. The highest BCUT2D eigenvalue weighted by Gasteiger charge is 2.21. The first-order valence-electron chi connectivity index (χ1n) is 35.3. The molecule has 0 aliphatic carbocycles. The van der Waals surface area contributed by atoms with Crippen molar-refractivity contribution in [2.75, 3.05) is 21.3 Å². The molecular formula is C82H77BrN20O13. The maximum Gasteiger partial charge on any atom is 0.354 e. The van der Waals surface area contributed by atoms with Gasteiger partial charge in [0, 0.05) is 60.5 Å². The van der Waals surface area contributed by atoms with E-state index in [1.54, 1.807) is 75.9 Å². The minimum absolute atomic E-state index is 0.00490. The number of carboxylic acid groups (broad SMARTS) is 1. The van der Waals surface area contributed by atoms with Crippen molar-refractivity contribution in [3.8, 4) is 34.7 Å². The smallest absolute Gasteiger partial charge is 0.354 e. The van der Waals surface area contributed by atoms with Crippen LogP contribution in [0.1, 0.15) is 173 Å². The van der Waals surface area contributed by atoms with Gasteiger partial charge < -0.3 is 61.6 Å². The van der Waals surface area contributed by atoms with Crippen LogP contribution < -0.4 is 51.4 Å². The number of carbonyl (C=O) groups excluding carboxylic acids is 7.